The molecule has 0 heterocycles. The van der Waals surface area contributed by atoms with Gasteiger partial charge in [0.15, 0.2) is 0 Å². The van der Waals surface area contributed by atoms with Gasteiger partial charge in [0.2, 0.25) is 0 Å². The van der Waals surface area contributed by atoms with Crippen molar-refractivity contribution in [2.24, 2.45) is 4.99 Å². The molecule has 0 aliphatic heterocycles. The highest BCUT2D eigenvalue weighted by atomic mass is 16.3. The van der Waals surface area contributed by atoms with Gasteiger partial charge in [-0.3, -0.25) is 4.99 Å². The van der Waals surface area contributed by atoms with Crippen LogP contribution in [0.4, 0.5) is 0 Å². The lowest BCUT2D eigenvalue weighted by molar-refractivity contribution is 0.470. The SMILES string of the molecule is Cc1ccc(-c2ccccc2)c(C=NC(C)C)c1O. The van der Waals surface area contributed by atoms with Crippen molar-refractivity contribution in [3.8, 4) is 16.9 Å². The number of hydrogen-bond donors (Lipinski definition) is 1. The van der Waals surface area contributed by atoms with Crippen molar-refractivity contribution in [2.75, 3.05) is 0 Å². The normalized spacial score (nSPS) is 11.4. The van der Waals surface area contributed by atoms with E-state index in [1.54, 1.807) is 6.21 Å². The second-order valence-electron chi connectivity index (χ2n) is 4.93. The summed E-state index contributed by atoms with van der Waals surface area (Å²) in [6.45, 7) is 5.94. The first-order valence-corrected chi connectivity index (χ1v) is 6.50. The molecule has 0 atom stereocenters. The average Bonchev–Trinajstić information content (AvgIpc) is 2.41. The molecule has 0 spiro atoms. The third-order valence-corrected chi connectivity index (χ3v) is 3.01. The Morgan fingerprint density at radius 2 is 1.74 bits per heavy atom. The predicted molar refractivity (Wildman–Crippen MR) is 81.0 cm³/mol. The van der Waals surface area contributed by atoms with E-state index in [-0.39, 0.29) is 6.04 Å². The molecule has 0 amide bonds. The molecule has 0 unspecified atom stereocenters. The van der Waals surface area contributed by atoms with Crippen LogP contribution in [-0.4, -0.2) is 17.4 Å². The Bertz CT molecular complexity index is 586. The van der Waals surface area contributed by atoms with Crippen LogP contribution in [-0.2, 0) is 0 Å². The van der Waals surface area contributed by atoms with Gasteiger partial charge in [-0.25, -0.2) is 0 Å². The Morgan fingerprint density at radius 1 is 1.05 bits per heavy atom. The number of nitrogens with zero attached hydrogens (tertiary/aromatic N) is 1. The van der Waals surface area contributed by atoms with Gasteiger partial charge in [0.25, 0.3) is 0 Å². The minimum Gasteiger partial charge on any atom is -0.507 e. The number of hydrogen-bond acceptors (Lipinski definition) is 2. The van der Waals surface area contributed by atoms with Crippen LogP contribution >= 0.6 is 0 Å². The average molecular weight is 253 g/mol. The zero-order valence-corrected chi connectivity index (χ0v) is 11.6. The molecule has 0 aliphatic carbocycles. The number of aromatic hydroxyl groups is 1. The molecule has 2 rings (SSSR count). The lowest BCUT2D eigenvalue weighted by atomic mass is 9.97. The van der Waals surface area contributed by atoms with Crippen LogP contribution in [0, 0.1) is 6.92 Å². The zero-order valence-electron chi connectivity index (χ0n) is 11.6. The number of rotatable bonds is 3. The highest BCUT2D eigenvalue weighted by Gasteiger charge is 2.10. The molecule has 0 saturated heterocycles. The van der Waals surface area contributed by atoms with E-state index in [4.69, 9.17) is 0 Å². The molecule has 0 aromatic heterocycles. The highest BCUT2D eigenvalue weighted by molar-refractivity contribution is 5.94. The summed E-state index contributed by atoms with van der Waals surface area (Å²) in [5, 5.41) is 10.3. The van der Waals surface area contributed by atoms with Gasteiger partial charge in [-0.1, -0.05) is 42.5 Å². The van der Waals surface area contributed by atoms with Crippen LogP contribution in [0.5, 0.6) is 5.75 Å². The quantitative estimate of drug-likeness (QED) is 0.817. The Balaban J connectivity index is 2.58. The van der Waals surface area contributed by atoms with Crippen molar-refractivity contribution in [1.29, 1.82) is 0 Å². The van der Waals surface area contributed by atoms with Gasteiger partial charge >= 0.3 is 0 Å². The first-order chi connectivity index (χ1) is 9.09. The molecule has 2 heteroatoms. The second-order valence-corrected chi connectivity index (χ2v) is 4.93. The Kier molecular flexibility index (Phi) is 4.00. The van der Waals surface area contributed by atoms with Gasteiger partial charge in [-0.05, 0) is 37.5 Å². The van der Waals surface area contributed by atoms with Crippen LogP contribution in [0.2, 0.25) is 0 Å². The van der Waals surface area contributed by atoms with Crippen molar-refractivity contribution >= 4 is 6.21 Å². The fourth-order valence-electron chi connectivity index (χ4n) is 1.94. The molecular weight excluding hydrogens is 234 g/mol. The summed E-state index contributed by atoms with van der Waals surface area (Å²) in [7, 11) is 0. The van der Waals surface area contributed by atoms with E-state index in [1.807, 2.05) is 63.2 Å². The number of aliphatic imine (C=N–C) groups is 1. The number of benzene rings is 2. The molecule has 98 valence electrons. The van der Waals surface area contributed by atoms with Crippen LogP contribution in [0.25, 0.3) is 11.1 Å². The van der Waals surface area contributed by atoms with Gasteiger partial charge in [0.05, 0.1) is 0 Å². The Hall–Kier alpha value is -2.09. The van der Waals surface area contributed by atoms with E-state index in [1.165, 1.54) is 0 Å². The van der Waals surface area contributed by atoms with Gasteiger partial charge in [-0.2, -0.15) is 0 Å². The van der Waals surface area contributed by atoms with Gasteiger partial charge < -0.3 is 5.11 Å². The van der Waals surface area contributed by atoms with E-state index in [2.05, 4.69) is 4.99 Å². The maximum atomic E-state index is 10.3. The molecule has 0 radical (unpaired) electrons. The lowest BCUT2D eigenvalue weighted by Crippen LogP contribution is -1.95. The standard InChI is InChI=1S/C17H19NO/c1-12(2)18-11-16-15(10-9-13(3)17(16)19)14-7-5-4-6-8-14/h4-12,19H,1-3H3. The first-order valence-electron chi connectivity index (χ1n) is 6.50. The van der Waals surface area contributed by atoms with Gasteiger partial charge in [-0.15, -0.1) is 0 Å². The molecule has 0 fully saturated rings. The molecule has 2 aromatic rings. The van der Waals surface area contributed by atoms with Gasteiger partial charge in [0.1, 0.15) is 5.75 Å². The van der Waals surface area contributed by atoms with E-state index >= 15 is 0 Å². The van der Waals surface area contributed by atoms with Crippen molar-refractivity contribution in [3.05, 3.63) is 53.6 Å². The lowest BCUT2D eigenvalue weighted by Gasteiger charge is -2.11. The molecule has 2 nitrogen and oxygen atoms in total. The van der Waals surface area contributed by atoms with Crippen LogP contribution in [0.3, 0.4) is 0 Å². The summed E-state index contributed by atoms with van der Waals surface area (Å²) < 4.78 is 0. The first kappa shape index (κ1) is 13.3. The fourth-order valence-corrected chi connectivity index (χ4v) is 1.94. The molecule has 0 aliphatic rings. The zero-order chi connectivity index (χ0) is 13.8. The molecule has 19 heavy (non-hydrogen) atoms. The Labute approximate surface area is 114 Å². The molecular formula is C17H19NO. The monoisotopic (exact) mass is 253 g/mol. The summed E-state index contributed by atoms with van der Waals surface area (Å²) in [6.07, 6.45) is 1.77. The van der Waals surface area contributed by atoms with Crippen LogP contribution in [0.15, 0.2) is 47.5 Å². The van der Waals surface area contributed by atoms with Crippen LogP contribution < -0.4 is 0 Å². The Morgan fingerprint density at radius 3 is 2.37 bits per heavy atom. The topological polar surface area (TPSA) is 32.6 Å². The molecule has 0 saturated carbocycles. The van der Waals surface area contributed by atoms with E-state index < -0.39 is 0 Å². The summed E-state index contributed by atoms with van der Waals surface area (Å²) in [5.74, 6) is 0.311. The number of phenolic OH excluding ortho intramolecular Hbond substituents is 1. The molecule has 2 aromatic carbocycles. The molecule has 1 N–H and O–H groups in total. The van der Waals surface area contributed by atoms with Gasteiger partial charge in [0, 0.05) is 17.8 Å². The van der Waals surface area contributed by atoms with Crippen LogP contribution in [0.1, 0.15) is 25.0 Å². The third kappa shape index (κ3) is 3.02. The summed E-state index contributed by atoms with van der Waals surface area (Å²) >= 11 is 0. The van der Waals surface area contributed by atoms with Crippen molar-refractivity contribution < 1.29 is 5.11 Å². The number of aryl methyl sites for hydroxylation is 1. The van der Waals surface area contributed by atoms with Crippen molar-refractivity contribution in [3.63, 3.8) is 0 Å². The maximum absolute atomic E-state index is 10.3. The largest absolute Gasteiger partial charge is 0.507 e. The summed E-state index contributed by atoms with van der Waals surface area (Å²) in [5.41, 5.74) is 3.75. The van der Waals surface area contributed by atoms with E-state index in [0.717, 1.165) is 22.3 Å². The fraction of sp³-hybridized carbons (Fsp3) is 0.235. The molecule has 0 bridgehead atoms. The second kappa shape index (κ2) is 5.70. The minimum absolute atomic E-state index is 0.212. The summed E-state index contributed by atoms with van der Waals surface area (Å²) in [6, 6.07) is 14.2. The van der Waals surface area contributed by atoms with Crippen molar-refractivity contribution in [2.45, 2.75) is 26.8 Å². The minimum atomic E-state index is 0.212. The number of phenols is 1. The summed E-state index contributed by atoms with van der Waals surface area (Å²) in [4.78, 5) is 4.40. The van der Waals surface area contributed by atoms with E-state index in [0.29, 0.717) is 5.75 Å². The highest BCUT2D eigenvalue weighted by Crippen LogP contribution is 2.31. The van der Waals surface area contributed by atoms with E-state index in [9.17, 15) is 5.11 Å². The van der Waals surface area contributed by atoms with Crippen molar-refractivity contribution in [1.82, 2.24) is 0 Å². The maximum Gasteiger partial charge on any atom is 0.127 e. The smallest absolute Gasteiger partial charge is 0.127 e. The third-order valence-electron chi connectivity index (χ3n) is 3.01. The predicted octanol–water partition coefficient (Wildman–Crippen LogP) is 4.19.